The van der Waals surface area contributed by atoms with Crippen molar-refractivity contribution in [2.24, 2.45) is 0 Å². The molecule has 0 aromatic heterocycles. The van der Waals surface area contributed by atoms with Gasteiger partial charge < -0.3 is 14.8 Å². The van der Waals surface area contributed by atoms with E-state index in [1.807, 2.05) is 30.3 Å². The van der Waals surface area contributed by atoms with Crippen LogP contribution in [-0.2, 0) is 20.9 Å². The third kappa shape index (κ3) is 6.24. The highest BCUT2D eigenvalue weighted by molar-refractivity contribution is 6.41. The molecule has 0 atom stereocenters. The van der Waals surface area contributed by atoms with Gasteiger partial charge in [0.1, 0.15) is 11.6 Å². The Balaban J connectivity index is 2.26. The van der Waals surface area contributed by atoms with Gasteiger partial charge in [-0.25, -0.2) is 9.59 Å². The van der Waals surface area contributed by atoms with Gasteiger partial charge in [-0.2, -0.15) is 0 Å². The molecule has 1 N–H and O–H groups in total. The molecule has 1 aromatic rings. The Morgan fingerprint density at radius 2 is 1.95 bits per heavy atom. The van der Waals surface area contributed by atoms with Gasteiger partial charge in [0.25, 0.3) is 0 Å². The van der Waals surface area contributed by atoms with Crippen molar-refractivity contribution in [3.05, 3.63) is 47.0 Å². The summed E-state index contributed by atoms with van der Waals surface area (Å²) in [4.78, 5) is 22.5. The van der Waals surface area contributed by atoms with Crippen LogP contribution in [-0.4, -0.2) is 25.2 Å². The van der Waals surface area contributed by atoms with Gasteiger partial charge in [0.15, 0.2) is 0 Å². The number of amides is 1. The molecule has 1 aromatic carbocycles. The Labute approximate surface area is 122 Å². The van der Waals surface area contributed by atoms with Gasteiger partial charge in [-0.1, -0.05) is 41.9 Å². The van der Waals surface area contributed by atoms with E-state index in [1.54, 1.807) is 6.92 Å². The molecule has 0 radical (unpaired) electrons. The topological polar surface area (TPSA) is 64.6 Å². The number of benzene rings is 1. The Hall–Kier alpha value is -2.01. The third-order valence-electron chi connectivity index (χ3n) is 2.21. The van der Waals surface area contributed by atoms with Gasteiger partial charge in [0.05, 0.1) is 6.61 Å². The Bertz CT molecular complexity index is 473. The lowest BCUT2D eigenvalue weighted by Gasteiger charge is -2.05. The minimum atomic E-state index is -0.617. The van der Waals surface area contributed by atoms with Crippen molar-refractivity contribution in [1.82, 2.24) is 5.32 Å². The number of ether oxygens (including phenoxy) is 2. The first-order valence-corrected chi connectivity index (χ1v) is 6.48. The van der Waals surface area contributed by atoms with Crippen LogP contribution in [0.2, 0.25) is 0 Å². The molecule has 0 aliphatic heterocycles. The molecule has 0 saturated heterocycles. The molecule has 0 unspecified atom stereocenters. The quantitative estimate of drug-likeness (QED) is 0.647. The maximum atomic E-state index is 11.4. The molecule has 1 rings (SSSR count). The van der Waals surface area contributed by atoms with E-state index in [0.717, 1.165) is 5.56 Å². The van der Waals surface area contributed by atoms with Crippen molar-refractivity contribution in [2.45, 2.75) is 13.5 Å². The van der Waals surface area contributed by atoms with Gasteiger partial charge in [0.2, 0.25) is 0 Å². The van der Waals surface area contributed by atoms with E-state index in [0.29, 0.717) is 0 Å². The second kappa shape index (κ2) is 8.98. The predicted molar refractivity (Wildman–Crippen MR) is 75.2 cm³/mol. The summed E-state index contributed by atoms with van der Waals surface area (Å²) in [6.45, 7) is 2.20. The molecule has 0 aliphatic carbocycles. The van der Waals surface area contributed by atoms with E-state index in [1.165, 1.54) is 6.08 Å². The zero-order valence-electron chi connectivity index (χ0n) is 11.1. The van der Waals surface area contributed by atoms with Crippen LogP contribution in [0.5, 0.6) is 0 Å². The summed E-state index contributed by atoms with van der Waals surface area (Å²) in [6.07, 6.45) is 0.766. The molecule has 0 bridgehead atoms. The third-order valence-corrected chi connectivity index (χ3v) is 2.52. The second-order valence-corrected chi connectivity index (χ2v) is 4.12. The Kier molecular flexibility index (Phi) is 7.21. The van der Waals surface area contributed by atoms with Crippen LogP contribution < -0.4 is 5.32 Å². The van der Waals surface area contributed by atoms with Crippen molar-refractivity contribution < 1.29 is 19.1 Å². The molecular weight excluding hydrogens is 282 g/mol. The van der Waals surface area contributed by atoms with E-state index in [-0.39, 0.29) is 24.8 Å². The van der Waals surface area contributed by atoms with Crippen molar-refractivity contribution in [1.29, 1.82) is 0 Å². The number of halogens is 1. The summed E-state index contributed by atoms with van der Waals surface area (Å²) < 4.78 is 9.66. The Morgan fingerprint density at radius 3 is 2.60 bits per heavy atom. The van der Waals surface area contributed by atoms with E-state index in [2.05, 4.69) is 10.1 Å². The largest absolute Gasteiger partial charge is 0.462 e. The lowest BCUT2D eigenvalue weighted by Crippen LogP contribution is -2.24. The number of rotatable bonds is 6. The van der Waals surface area contributed by atoms with Gasteiger partial charge in [-0.15, -0.1) is 0 Å². The number of alkyl carbamates (subject to hydrolysis) is 1. The van der Waals surface area contributed by atoms with Gasteiger partial charge >= 0.3 is 12.1 Å². The predicted octanol–water partition coefficient (Wildman–Crippen LogP) is 2.60. The summed E-state index contributed by atoms with van der Waals surface area (Å²) in [5.41, 5.74) is 0.891. The number of esters is 1. The lowest BCUT2D eigenvalue weighted by molar-refractivity contribution is -0.137. The Morgan fingerprint density at radius 1 is 1.25 bits per heavy atom. The fourth-order valence-electron chi connectivity index (χ4n) is 1.28. The minimum absolute atomic E-state index is 0.0739. The van der Waals surface area contributed by atoms with Crippen LogP contribution in [0.4, 0.5) is 4.79 Å². The van der Waals surface area contributed by atoms with Crippen molar-refractivity contribution in [3.63, 3.8) is 0 Å². The average Bonchev–Trinajstić information content (AvgIpc) is 2.46. The summed E-state index contributed by atoms with van der Waals surface area (Å²) in [5.74, 6) is -0.617. The van der Waals surface area contributed by atoms with Crippen LogP contribution in [0, 0.1) is 0 Å². The molecular formula is C14H16ClNO4. The van der Waals surface area contributed by atoms with Crippen LogP contribution in [0.1, 0.15) is 12.5 Å². The first kappa shape index (κ1) is 16.0. The molecule has 1 amide bonds. The highest BCUT2D eigenvalue weighted by atomic mass is 35.5. The first-order chi connectivity index (χ1) is 9.63. The summed E-state index contributed by atoms with van der Waals surface area (Å²) >= 11 is 5.66. The monoisotopic (exact) mass is 297 g/mol. The minimum Gasteiger partial charge on any atom is -0.462 e. The number of carbonyl (C=O) groups is 2. The maximum absolute atomic E-state index is 11.4. The van der Waals surface area contributed by atoms with Crippen LogP contribution in [0.3, 0.4) is 0 Å². The number of hydrogen-bond acceptors (Lipinski definition) is 4. The zero-order valence-corrected chi connectivity index (χ0v) is 11.9. The van der Waals surface area contributed by atoms with E-state index in [4.69, 9.17) is 16.3 Å². The number of nitrogens with one attached hydrogen (secondary N) is 1. The SMILES string of the molecule is CCOC(=O)/C(Cl)=C/CNC(=O)OCc1ccccc1. The summed E-state index contributed by atoms with van der Waals surface area (Å²) in [6, 6.07) is 9.30. The fourth-order valence-corrected chi connectivity index (χ4v) is 1.41. The second-order valence-electron chi connectivity index (χ2n) is 3.72. The van der Waals surface area contributed by atoms with Crippen molar-refractivity contribution in [2.75, 3.05) is 13.2 Å². The van der Waals surface area contributed by atoms with Gasteiger partial charge in [-0.05, 0) is 18.6 Å². The van der Waals surface area contributed by atoms with Gasteiger partial charge in [0, 0.05) is 6.54 Å². The number of hydrogen-bond donors (Lipinski definition) is 1. The smallest absolute Gasteiger partial charge is 0.407 e. The van der Waals surface area contributed by atoms with Crippen LogP contribution in [0.15, 0.2) is 41.4 Å². The normalized spacial score (nSPS) is 10.8. The molecule has 6 heteroatoms. The maximum Gasteiger partial charge on any atom is 0.407 e. The van der Waals surface area contributed by atoms with Gasteiger partial charge in [-0.3, -0.25) is 0 Å². The average molecular weight is 298 g/mol. The molecule has 0 heterocycles. The standard InChI is InChI=1S/C14H16ClNO4/c1-2-19-13(17)12(15)8-9-16-14(18)20-10-11-6-4-3-5-7-11/h3-8H,2,9-10H2,1H3,(H,16,18)/b12-8-. The lowest BCUT2D eigenvalue weighted by atomic mass is 10.2. The first-order valence-electron chi connectivity index (χ1n) is 6.10. The molecule has 5 nitrogen and oxygen atoms in total. The highest BCUT2D eigenvalue weighted by Crippen LogP contribution is 2.03. The molecule has 0 fully saturated rings. The van der Waals surface area contributed by atoms with Crippen molar-refractivity contribution in [3.8, 4) is 0 Å². The molecule has 0 spiro atoms. The highest BCUT2D eigenvalue weighted by Gasteiger charge is 2.07. The summed E-state index contributed by atoms with van der Waals surface area (Å²) in [5, 5.41) is 2.38. The molecule has 20 heavy (non-hydrogen) atoms. The zero-order chi connectivity index (χ0) is 14.8. The van der Waals surface area contributed by atoms with E-state index < -0.39 is 12.1 Å². The number of carbonyl (C=O) groups excluding carboxylic acids is 2. The van der Waals surface area contributed by atoms with Crippen LogP contribution in [0.25, 0.3) is 0 Å². The van der Waals surface area contributed by atoms with E-state index in [9.17, 15) is 9.59 Å². The van der Waals surface area contributed by atoms with Crippen LogP contribution >= 0.6 is 11.6 Å². The fraction of sp³-hybridized carbons (Fsp3) is 0.286. The molecule has 0 saturated carbocycles. The molecule has 108 valence electrons. The summed E-state index contributed by atoms with van der Waals surface area (Å²) in [7, 11) is 0. The van der Waals surface area contributed by atoms with E-state index >= 15 is 0 Å². The van der Waals surface area contributed by atoms with Crippen molar-refractivity contribution >= 4 is 23.7 Å². The molecule has 0 aliphatic rings.